The molecule has 2 N–H and O–H groups in total. The molecule has 0 radical (unpaired) electrons. The van der Waals surface area contributed by atoms with Crippen molar-refractivity contribution in [2.24, 2.45) is 0 Å². The first-order chi connectivity index (χ1) is 10.9. The van der Waals surface area contributed by atoms with Crippen molar-refractivity contribution in [2.75, 3.05) is 10.6 Å². The summed E-state index contributed by atoms with van der Waals surface area (Å²) in [5, 5.41) is 5.16. The zero-order valence-electron chi connectivity index (χ0n) is 11.7. The van der Waals surface area contributed by atoms with Gasteiger partial charge in [0.1, 0.15) is 11.6 Å². The number of benzene rings is 2. The smallest absolute Gasteiger partial charge is 0.232 e. The van der Waals surface area contributed by atoms with Crippen LogP contribution in [0.5, 0.6) is 0 Å². The summed E-state index contributed by atoms with van der Waals surface area (Å²) in [6.45, 7) is 0. The van der Waals surface area contributed by atoms with Crippen LogP contribution in [0.4, 0.5) is 20.2 Å². The molecule has 2 aromatic carbocycles. The fraction of sp³-hybridized carbons (Fsp3) is 0.125. The van der Waals surface area contributed by atoms with Crippen LogP contribution < -0.4 is 10.6 Å². The molecule has 4 nitrogen and oxygen atoms in total. The zero-order chi connectivity index (χ0) is 16.6. The van der Waals surface area contributed by atoms with Gasteiger partial charge < -0.3 is 10.6 Å². The molecule has 0 aromatic heterocycles. The van der Waals surface area contributed by atoms with Gasteiger partial charge in [-0.15, -0.1) is 0 Å². The third kappa shape index (κ3) is 3.17. The van der Waals surface area contributed by atoms with Gasteiger partial charge in [-0.25, -0.2) is 8.78 Å². The Morgan fingerprint density at radius 2 is 2.00 bits per heavy atom. The lowest BCUT2D eigenvalue weighted by Crippen LogP contribution is -2.31. The van der Waals surface area contributed by atoms with E-state index in [1.807, 2.05) is 0 Å². The summed E-state index contributed by atoms with van der Waals surface area (Å²) in [7, 11) is 0. The van der Waals surface area contributed by atoms with E-state index < -0.39 is 29.4 Å². The maximum Gasteiger partial charge on any atom is 0.232 e. The summed E-state index contributed by atoms with van der Waals surface area (Å²) in [6.07, 6.45) is -0.0975. The van der Waals surface area contributed by atoms with Crippen LogP contribution in [0.3, 0.4) is 0 Å². The molecule has 23 heavy (non-hydrogen) atoms. The van der Waals surface area contributed by atoms with E-state index in [-0.39, 0.29) is 22.8 Å². The summed E-state index contributed by atoms with van der Waals surface area (Å²) in [5.74, 6) is -2.97. The highest BCUT2D eigenvalue weighted by molar-refractivity contribution is 6.30. The lowest BCUT2D eigenvalue weighted by atomic mass is 9.89. The van der Waals surface area contributed by atoms with Gasteiger partial charge in [0.05, 0.1) is 11.6 Å². The molecule has 0 spiro atoms. The Labute approximate surface area is 135 Å². The minimum absolute atomic E-state index is 0.0333. The van der Waals surface area contributed by atoms with Crippen molar-refractivity contribution in [1.82, 2.24) is 0 Å². The number of anilines is 2. The van der Waals surface area contributed by atoms with Gasteiger partial charge in [0, 0.05) is 17.1 Å². The average molecular weight is 337 g/mol. The number of fused-ring (bicyclic) bond motifs is 1. The highest BCUT2D eigenvalue weighted by Gasteiger charge is 2.31. The number of hydrogen-bond donors (Lipinski definition) is 2. The molecular formula is C16H11ClF2N2O2. The van der Waals surface area contributed by atoms with Crippen LogP contribution in [0.2, 0.25) is 5.02 Å². The van der Waals surface area contributed by atoms with E-state index in [1.165, 1.54) is 24.3 Å². The molecule has 118 valence electrons. The number of rotatable bonds is 2. The van der Waals surface area contributed by atoms with Crippen molar-refractivity contribution in [3.63, 3.8) is 0 Å². The van der Waals surface area contributed by atoms with Gasteiger partial charge in [-0.1, -0.05) is 17.7 Å². The molecule has 1 aliphatic heterocycles. The minimum atomic E-state index is -0.825. The highest BCUT2D eigenvalue weighted by atomic mass is 35.5. The molecule has 0 fully saturated rings. The summed E-state index contributed by atoms with van der Waals surface area (Å²) >= 11 is 5.66. The third-order valence-corrected chi connectivity index (χ3v) is 3.79. The number of halogens is 3. The molecule has 1 aliphatic rings. The number of amides is 2. The summed E-state index contributed by atoms with van der Waals surface area (Å²) in [4.78, 5) is 24.1. The quantitative estimate of drug-likeness (QED) is 0.879. The second-order valence-electron chi connectivity index (χ2n) is 5.15. The van der Waals surface area contributed by atoms with Crippen LogP contribution in [0, 0.1) is 11.6 Å². The normalized spacial score (nSPS) is 16.5. The molecule has 3 rings (SSSR count). The molecule has 1 heterocycles. The topological polar surface area (TPSA) is 58.2 Å². The SMILES string of the molecule is O=C1CC(C(=O)Nc2ccc(Cl)cc2F)c2ccc(F)cc2N1. The van der Waals surface area contributed by atoms with Crippen LogP contribution >= 0.6 is 11.6 Å². The maximum absolute atomic E-state index is 13.8. The van der Waals surface area contributed by atoms with E-state index in [1.54, 1.807) is 0 Å². The largest absolute Gasteiger partial charge is 0.326 e. The average Bonchev–Trinajstić information content (AvgIpc) is 2.48. The van der Waals surface area contributed by atoms with E-state index in [0.29, 0.717) is 5.56 Å². The Bertz CT molecular complexity index is 811. The second kappa shape index (κ2) is 5.96. The summed E-state index contributed by atoms with van der Waals surface area (Å²) < 4.78 is 27.0. The Hall–Kier alpha value is -2.47. The van der Waals surface area contributed by atoms with Gasteiger partial charge in [0.2, 0.25) is 11.8 Å². The Kier molecular flexibility index (Phi) is 4.00. The van der Waals surface area contributed by atoms with E-state index >= 15 is 0 Å². The molecule has 1 atom stereocenters. The standard InChI is InChI=1S/C16H11ClF2N2O2/c17-8-1-4-13(12(19)5-8)21-16(23)11-7-15(22)20-14-6-9(18)2-3-10(11)14/h1-6,11H,7H2,(H,20,22)(H,21,23). The Morgan fingerprint density at radius 3 is 2.74 bits per heavy atom. The first kappa shape index (κ1) is 15.4. The number of carbonyl (C=O) groups is 2. The van der Waals surface area contributed by atoms with Gasteiger partial charge in [-0.3, -0.25) is 9.59 Å². The van der Waals surface area contributed by atoms with E-state index in [9.17, 15) is 18.4 Å². The van der Waals surface area contributed by atoms with Crippen LogP contribution in [0.1, 0.15) is 17.9 Å². The second-order valence-corrected chi connectivity index (χ2v) is 5.59. The van der Waals surface area contributed by atoms with Crippen molar-refractivity contribution in [3.8, 4) is 0 Å². The third-order valence-electron chi connectivity index (χ3n) is 3.56. The van der Waals surface area contributed by atoms with Crippen molar-refractivity contribution < 1.29 is 18.4 Å². The lowest BCUT2D eigenvalue weighted by molar-refractivity contribution is -0.123. The molecule has 0 saturated carbocycles. The first-order valence-corrected chi connectivity index (χ1v) is 7.17. The zero-order valence-corrected chi connectivity index (χ0v) is 12.5. The molecule has 2 aromatic rings. The predicted octanol–water partition coefficient (Wildman–Crippen LogP) is 3.68. The van der Waals surface area contributed by atoms with E-state index in [0.717, 1.165) is 12.1 Å². The van der Waals surface area contributed by atoms with Crippen molar-refractivity contribution in [2.45, 2.75) is 12.3 Å². The number of nitrogens with one attached hydrogen (secondary N) is 2. The van der Waals surface area contributed by atoms with Crippen molar-refractivity contribution in [1.29, 1.82) is 0 Å². The predicted molar refractivity (Wildman–Crippen MR) is 82.4 cm³/mol. The molecule has 0 aliphatic carbocycles. The molecule has 2 amide bonds. The van der Waals surface area contributed by atoms with Crippen LogP contribution in [0.15, 0.2) is 36.4 Å². The Balaban J connectivity index is 1.89. The monoisotopic (exact) mass is 336 g/mol. The highest BCUT2D eigenvalue weighted by Crippen LogP contribution is 2.34. The molecule has 0 bridgehead atoms. The summed E-state index contributed by atoms with van der Waals surface area (Å²) in [6, 6.07) is 7.65. The Morgan fingerprint density at radius 1 is 1.22 bits per heavy atom. The van der Waals surface area contributed by atoms with Crippen LogP contribution in [-0.2, 0) is 9.59 Å². The van der Waals surface area contributed by atoms with E-state index in [2.05, 4.69) is 10.6 Å². The molecule has 7 heteroatoms. The maximum atomic E-state index is 13.8. The van der Waals surface area contributed by atoms with Crippen LogP contribution in [0.25, 0.3) is 0 Å². The number of carbonyl (C=O) groups excluding carboxylic acids is 2. The van der Waals surface area contributed by atoms with Crippen LogP contribution in [-0.4, -0.2) is 11.8 Å². The molecule has 0 saturated heterocycles. The molecular weight excluding hydrogens is 326 g/mol. The minimum Gasteiger partial charge on any atom is -0.326 e. The summed E-state index contributed by atoms with van der Waals surface area (Å²) in [5.41, 5.74) is 0.699. The van der Waals surface area contributed by atoms with Gasteiger partial charge in [-0.2, -0.15) is 0 Å². The lowest BCUT2D eigenvalue weighted by Gasteiger charge is -2.25. The fourth-order valence-corrected chi connectivity index (χ4v) is 2.64. The van der Waals surface area contributed by atoms with Crippen molar-refractivity contribution >= 4 is 34.8 Å². The van der Waals surface area contributed by atoms with Gasteiger partial charge >= 0.3 is 0 Å². The first-order valence-electron chi connectivity index (χ1n) is 6.79. The van der Waals surface area contributed by atoms with Gasteiger partial charge in [0.25, 0.3) is 0 Å². The van der Waals surface area contributed by atoms with Gasteiger partial charge in [-0.05, 0) is 35.9 Å². The van der Waals surface area contributed by atoms with Gasteiger partial charge in [0.15, 0.2) is 0 Å². The van der Waals surface area contributed by atoms with Crippen molar-refractivity contribution in [3.05, 3.63) is 58.6 Å². The fourth-order valence-electron chi connectivity index (χ4n) is 2.48. The molecule has 1 unspecified atom stereocenters. The number of hydrogen-bond acceptors (Lipinski definition) is 2. The van der Waals surface area contributed by atoms with E-state index in [4.69, 9.17) is 11.6 Å².